The summed E-state index contributed by atoms with van der Waals surface area (Å²) < 4.78 is 0. The monoisotopic (exact) mass is 282 g/mol. The Morgan fingerprint density at radius 1 is 1.47 bits per heavy atom. The van der Waals surface area contributed by atoms with Crippen LogP contribution in [0.25, 0.3) is 0 Å². The second-order valence-electron chi connectivity index (χ2n) is 5.72. The van der Waals surface area contributed by atoms with E-state index in [1.165, 1.54) is 11.3 Å². The van der Waals surface area contributed by atoms with Gasteiger partial charge in [0.15, 0.2) is 5.13 Å². The predicted octanol–water partition coefficient (Wildman–Crippen LogP) is 2.42. The van der Waals surface area contributed by atoms with Crippen molar-refractivity contribution in [2.75, 3.05) is 30.7 Å². The summed E-state index contributed by atoms with van der Waals surface area (Å²) in [5.41, 5.74) is 6.18. The summed E-state index contributed by atoms with van der Waals surface area (Å²) in [6.45, 7) is 8.88. The van der Waals surface area contributed by atoms with E-state index in [1.807, 2.05) is 11.8 Å². The van der Waals surface area contributed by atoms with Gasteiger partial charge in [-0.15, -0.1) is 0 Å². The number of likely N-dealkylation sites (tertiary alicyclic amines) is 1. The molecule has 0 atom stereocenters. The Balaban J connectivity index is 2.08. The smallest absolute Gasteiger partial charge is 0.267 e. The van der Waals surface area contributed by atoms with Gasteiger partial charge in [0.1, 0.15) is 10.7 Å². The maximum atomic E-state index is 12.4. The number of amides is 1. The van der Waals surface area contributed by atoms with Crippen LogP contribution >= 0.6 is 11.3 Å². The van der Waals surface area contributed by atoms with Crippen LogP contribution in [0.4, 0.5) is 10.9 Å². The first-order valence-corrected chi connectivity index (χ1v) is 7.54. The highest BCUT2D eigenvalue weighted by Crippen LogP contribution is 2.32. The number of hydrogen-bond donors (Lipinski definition) is 2. The van der Waals surface area contributed by atoms with Gasteiger partial charge in [-0.2, -0.15) is 0 Å². The second kappa shape index (κ2) is 5.36. The minimum absolute atomic E-state index is 0.0228. The number of hydrogen-bond acceptors (Lipinski definition) is 5. The average molecular weight is 282 g/mol. The maximum Gasteiger partial charge on any atom is 0.267 e. The van der Waals surface area contributed by atoms with Crippen molar-refractivity contribution in [2.45, 2.75) is 33.6 Å². The molecule has 2 heterocycles. The summed E-state index contributed by atoms with van der Waals surface area (Å²) in [7, 11) is 0. The minimum Gasteiger partial charge on any atom is -0.382 e. The molecule has 0 spiro atoms. The molecule has 19 heavy (non-hydrogen) atoms. The molecule has 1 aromatic rings. The Morgan fingerprint density at radius 2 is 2.11 bits per heavy atom. The van der Waals surface area contributed by atoms with Crippen LogP contribution in [0.3, 0.4) is 0 Å². The number of piperidine rings is 1. The number of nitrogen functional groups attached to an aromatic ring is 1. The summed E-state index contributed by atoms with van der Waals surface area (Å²) in [6, 6.07) is 0. The molecular weight excluding hydrogens is 260 g/mol. The van der Waals surface area contributed by atoms with Gasteiger partial charge in [-0.25, -0.2) is 4.98 Å². The fraction of sp³-hybridized carbons (Fsp3) is 0.692. The molecule has 0 radical (unpaired) electrons. The third-order valence-electron chi connectivity index (χ3n) is 3.58. The van der Waals surface area contributed by atoms with E-state index in [9.17, 15) is 4.79 Å². The molecule has 1 aliphatic heterocycles. The van der Waals surface area contributed by atoms with Crippen LogP contribution in [0.2, 0.25) is 0 Å². The van der Waals surface area contributed by atoms with Crippen molar-refractivity contribution in [2.24, 2.45) is 5.41 Å². The van der Waals surface area contributed by atoms with Gasteiger partial charge < -0.3 is 16.0 Å². The number of thiazole rings is 1. The molecule has 1 amide bonds. The molecule has 0 aromatic carbocycles. The van der Waals surface area contributed by atoms with Crippen molar-refractivity contribution in [3.8, 4) is 0 Å². The summed E-state index contributed by atoms with van der Waals surface area (Å²) in [5.74, 6) is 0.366. The standard InChI is InChI=1S/C13H22N4OS/c1-4-15-12-16-10(14)9(19-12)11(18)17-7-5-13(2,3)6-8-17/h4-8,14H2,1-3H3,(H,15,16). The third-order valence-corrected chi connectivity index (χ3v) is 4.60. The molecule has 1 saturated heterocycles. The number of nitrogens with two attached hydrogens (primary N) is 1. The van der Waals surface area contributed by atoms with Gasteiger partial charge in [0.2, 0.25) is 0 Å². The highest BCUT2D eigenvalue weighted by Gasteiger charge is 2.30. The van der Waals surface area contributed by atoms with Crippen molar-refractivity contribution >= 4 is 28.2 Å². The van der Waals surface area contributed by atoms with Crippen molar-refractivity contribution in [3.63, 3.8) is 0 Å². The van der Waals surface area contributed by atoms with Gasteiger partial charge in [-0.3, -0.25) is 4.79 Å². The first-order chi connectivity index (χ1) is 8.93. The molecule has 5 nitrogen and oxygen atoms in total. The second-order valence-corrected chi connectivity index (χ2v) is 6.72. The lowest BCUT2D eigenvalue weighted by molar-refractivity contribution is 0.0636. The third kappa shape index (κ3) is 3.18. The lowest BCUT2D eigenvalue weighted by Crippen LogP contribution is -2.41. The number of nitrogens with one attached hydrogen (secondary N) is 1. The van der Waals surface area contributed by atoms with Crippen LogP contribution in [0.5, 0.6) is 0 Å². The van der Waals surface area contributed by atoms with E-state index in [-0.39, 0.29) is 5.91 Å². The van der Waals surface area contributed by atoms with E-state index < -0.39 is 0 Å². The topological polar surface area (TPSA) is 71.2 Å². The number of carbonyl (C=O) groups is 1. The molecule has 0 aliphatic carbocycles. The van der Waals surface area contributed by atoms with Gasteiger partial charge >= 0.3 is 0 Å². The maximum absolute atomic E-state index is 12.4. The molecule has 1 fully saturated rings. The van der Waals surface area contributed by atoms with Gasteiger partial charge in [0.05, 0.1) is 0 Å². The van der Waals surface area contributed by atoms with Crippen molar-refractivity contribution in [1.29, 1.82) is 0 Å². The summed E-state index contributed by atoms with van der Waals surface area (Å²) in [4.78, 5) is 19.1. The number of nitrogens with zero attached hydrogens (tertiary/aromatic N) is 2. The summed E-state index contributed by atoms with van der Waals surface area (Å²) in [6.07, 6.45) is 2.08. The zero-order chi connectivity index (χ0) is 14.0. The van der Waals surface area contributed by atoms with E-state index in [0.717, 1.165) is 37.6 Å². The Bertz CT molecular complexity index is 459. The first-order valence-electron chi connectivity index (χ1n) is 6.72. The Hall–Kier alpha value is -1.30. The number of carbonyl (C=O) groups excluding carboxylic acids is 1. The van der Waals surface area contributed by atoms with E-state index in [0.29, 0.717) is 16.1 Å². The summed E-state index contributed by atoms with van der Waals surface area (Å²) >= 11 is 1.35. The molecule has 0 unspecified atom stereocenters. The van der Waals surface area contributed by atoms with Crippen LogP contribution in [0.1, 0.15) is 43.3 Å². The molecular formula is C13H22N4OS. The average Bonchev–Trinajstić information content (AvgIpc) is 2.70. The van der Waals surface area contributed by atoms with Gasteiger partial charge in [-0.1, -0.05) is 25.2 Å². The van der Waals surface area contributed by atoms with E-state index in [4.69, 9.17) is 5.73 Å². The van der Waals surface area contributed by atoms with Crippen LogP contribution in [-0.2, 0) is 0 Å². The quantitative estimate of drug-likeness (QED) is 0.893. The zero-order valence-corrected chi connectivity index (χ0v) is 12.6. The van der Waals surface area contributed by atoms with Crippen LogP contribution in [0.15, 0.2) is 0 Å². The molecule has 0 bridgehead atoms. The largest absolute Gasteiger partial charge is 0.382 e. The molecule has 2 rings (SSSR count). The minimum atomic E-state index is 0.0228. The van der Waals surface area contributed by atoms with Crippen LogP contribution in [0, 0.1) is 5.41 Å². The highest BCUT2D eigenvalue weighted by molar-refractivity contribution is 7.18. The fourth-order valence-electron chi connectivity index (χ4n) is 2.17. The lowest BCUT2D eigenvalue weighted by atomic mass is 9.82. The Morgan fingerprint density at radius 3 is 2.68 bits per heavy atom. The normalized spacial score (nSPS) is 18.4. The number of rotatable bonds is 3. The van der Waals surface area contributed by atoms with Crippen molar-refractivity contribution < 1.29 is 4.79 Å². The van der Waals surface area contributed by atoms with E-state index >= 15 is 0 Å². The predicted molar refractivity (Wildman–Crippen MR) is 79.6 cm³/mol. The van der Waals surface area contributed by atoms with Crippen LogP contribution in [-0.4, -0.2) is 35.4 Å². The van der Waals surface area contributed by atoms with E-state index in [2.05, 4.69) is 24.1 Å². The highest BCUT2D eigenvalue weighted by atomic mass is 32.1. The molecule has 0 saturated carbocycles. The van der Waals surface area contributed by atoms with Crippen molar-refractivity contribution in [1.82, 2.24) is 9.88 Å². The summed E-state index contributed by atoms with van der Waals surface area (Å²) in [5, 5.41) is 3.82. The Labute approximate surface area is 118 Å². The molecule has 1 aromatic heterocycles. The zero-order valence-electron chi connectivity index (χ0n) is 11.8. The molecule has 1 aliphatic rings. The van der Waals surface area contributed by atoms with E-state index in [1.54, 1.807) is 0 Å². The number of anilines is 2. The molecule has 106 valence electrons. The SMILES string of the molecule is CCNc1nc(N)c(C(=O)N2CCC(C)(C)CC2)s1. The van der Waals surface area contributed by atoms with Gasteiger partial charge in [0.25, 0.3) is 5.91 Å². The number of aromatic nitrogens is 1. The Kier molecular flexibility index (Phi) is 3.99. The molecule has 6 heteroatoms. The van der Waals surface area contributed by atoms with Gasteiger partial charge in [-0.05, 0) is 25.2 Å². The van der Waals surface area contributed by atoms with Crippen molar-refractivity contribution in [3.05, 3.63) is 4.88 Å². The first kappa shape index (κ1) is 14.1. The van der Waals surface area contributed by atoms with Gasteiger partial charge in [0, 0.05) is 19.6 Å². The molecule has 3 N–H and O–H groups in total. The van der Waals surface area contributed by atoms with Crippen LogP contribution < -0.4 is 11.1 Å². The lowest BCUT2D eigenvalue weighted by Gasteiger charge is -2.36. The fourth-order valence-corrected chi connectivity index (χ4v) is 3.09.